The summed E-state index contributed by atoms with van der Waals surface area (Å²) in [4.78, 5) is 22.2. The Morgan fingerprint density at radius 1 is 1.35 bits per heavy atom. The molecule has 0 heterocycles. The summed E-state index contributed by atoms with van der Waals surface area (Å²) < 4.78 is 5.26. The van der Waals surface area contributed by atoms with Crippen molar-refractivity contribution in [3.05, 3.63) is 63.2 Å². The van der Waals surface area contributed by atoms with Crippen LogP contribution < -0.4 is 10.1 Å². The molecule has 2 rings (SSSR count). The van der Waals surface area contributed by atoms with E-state index in [-0.39, 0.29) is 27.7 Å². The largest absolute Gasteiger partial charge is 0.482 e. The van der Waals surface area contributed by atoms with Crippen molar-refractivity contribution in [2.45, 2.75) is 0 Å². The van der Waals surface area contributed by atoms with Gasteiger partial charge in [0.05, 0.1) is 10.5 Å². The molecular formula is C15H10ClN3O4. The molecule has 0 radical (unpaired) electrons. The predicted molar refractivity (Wildman–Crippen MR) is 83.4 cm³/mol. The molecule has 1 N–H and O–H groups in total. The van der Waals surface area contributed by atoms with Crippen molar-refractivity contribution in [2.24, 2.45) is 0 Å². The van der Waals surface area contributed by atoms with Gasteiger partial charge in [0.1, 0.15) is 17.5 Å². The lowest BCUT2D eigenvalue weighted by molar-refractivity contribution is -0.383. The number of rotatable bonds is 5. The van der Waals surface area contributed by atoms with E-state index in [1.54, 1.807) is 24.3 Å². The topological polar surface area (TPSA) is 105 Å². The molecule has 0 spiro atoms. The fourth-order valence-electron chi connectivity index (χ4n) is 1.78. The van der Waals surface area contributed by atoms with E-state index in [1.807, 2.05) is 6.07 Å². The Morgan fingerprint density at radius 3 is 2.78 bits per heavy atom. The fourth-order valence-corrected chi connectivity index (χ4v) is 1.95. The van der Waals surface area contributed by atoms with Crippen LogP contribution in [0.3, 0.4) is 0 Å². The van der Waals surface area contributed by atoms with Crippen molar-refractivity contribution in [1.29, 1.82) is 5.26 Å². The van der Waals surface area contributed by atoms with Gasteiger partial charge in [0.15, 0.2) is 6.61 Å². The highest BCUT2D eigenvalue weighted by Crippen LogP contribution is 2.27. The van der Waals surface area contributed by atoms with Crippen molar-refractivity contribution in [3.8, 4) is 11.8 Å². The Kier molecular flexibility index (Phi) is 5.12. The number of benzene rings is 2. The number of amides is 1. The number of anilines is 1. The first-order chi connectivity index (χ1) is 11.0. The number of ether oxygens (including phenoxy) is 1. The molecule has 23 heavy (non-hydrogen) atoms. The van der Waals surface area contributed by atoms with Crippen LogP contribution in [0.2, 0.25) is 5.02 Å². The van der Waals surface area contributed by atoms with Gasteiger partial charge < -0.3 is 10.1 Å². The SMILES string of the molecule is N#Cc1ccccc1OCC(=O)Nc1cc(Cl)ccc1[N+](=O)[O-]. The van der Waals surface area contributed by atoms with E-state index >= 15 is 0 Å². The van der Waals surface area contributed by atoms with Gasteiger partial charge >= 0.3 is 0 Å². The summed E-state index contributed by atoms with van der Waals surface area (Å²) in [7, 11) is 0. The Bertz CT molecular complexity index is 802. The van der Waals surface area contributed by atoms with Gasteiger partial charge in [-0.15, -0.1) is 0 Å². The molecule has 8 heteroatoms. The maximum Gasteiger partial charge on any atom is 0.292 e. The number of para-hydroxylation sites is 1. The lowest BCUT2D eigenvalue weighted by atomic mass is 10.2. The quantitative estimate of drug-likeness (QED) is 0.669. The lowest BCUT2D eigenvalue weighted by Gasteiger charge is -2.09. The van der Waals surface area contributed by atoms with Crippen LogP contribution in [0.4, 0.5) is 11.4 Å². The van der Waals surface area contributed by atoms with Crippen LogP contribution in [0.1, 0.15) is 5.56 Å². The molecule has 0 saturated carbocycles. The van der Waals surface area contributed by atoms with Gasteiger partial charge in [0, 0.05) is 11.1 Å². The Labute approximate surface area is 136 Å². The second-order valence-corrected chi connectivity index (χ2v) is 4.80. The summed E-state index contributed by atoms with van der Waals surface area (Å²) in [6, 6.07) is 12.2. The third-order valence-corrected chi connectivity index (χ3v) is 3.03. The second kappa shape index (κ2) is 7.24. The number of nitro benzene ring substituents is 1. The van der Waals surface area contributed by atoms with Crippen LogP contribution in [0.5, 0.6) is 5.75 Å². The summed E-state index contributed by atoms with van der Waals surface area (Å²) in [5.41, 5.74) is -0.0149. The first-order valence-corrected chi connectivity index (χ1v) is 6.75. The molecular weight excluding hydrogens is 322 g/mol. The van der Waals surface area contributed by atoms with Crippen molar-refractivity contribution in [3.63, 3.8) is 0 Å². The molecule has 1 amide bonds. The second-order valence-electron chi connectivity index (χ2n) is 4.36. The van der Waals surface area contributed by atoms with Crippen LogP contribution >= 0.6 is 11.6 Å². The first-order valence-electron chi connectivity index (χ1n) is 6.37. The standard InChI is InChI=1S/C15H10ClN3O4/c16-11-5-6-13(19(21)22)12(7-11)18-15(20)9-23-14-4-2-1-3-10(14)8-17/h1-7H,9H2,(H,18,20). The number of hydrogen-bond acceptors (Lipinski definition) is 5. The molecule has 0 aliphatic carbocycles. The van der Waals surface area contributed by atoms with Gasteiger partial charge in [-0.3, -0.25) is 14.9 Å². The Morgan fingerprint density at radius 2 is 2.09 bits per heavy atom. The zero-order valence-corrected chi connectivity index (χ0v) is 12.4. The minimum Gasteiger partial charge on any atom is -0.482 e. The van der Waals surface area contributed by atoms with E-state index in [9.17, 15) is 14.9 Å². The zero-order chi connectivity index (χ0) is 16.8. The number of nitrogens with one attached hydrogen (secondary N) is 1. The van der Waals surface area contributed by atoms with Crippen LogP contribution in [0.25, 0.3) is 0 Å². The van der Waals surface area contributed by atoms with E-state index in [2.05, 4.69) is 5.32 Å². The van der Waals surface area contributed by atoms with Gasteiger partial charge in [-0.2, -0.15) is 5.26 Å². The number of hydrogen-bond donors (Lipinski definition) is 1. The van der Waals surface area contributed by atoms with Crippen molar-refractivity contribution in [2.75, 3.05) is 11.9 Å². The van der Waals surface area contributed by atoms with Gasteiger partial charge in [-0.05, 0) is 24.3 Å². The highest BCUT2D eigenvalue weighted by molar-refractivity contribution is 6.31. The fraction of sp³-hybridized carbons (Fsp3) is 0.0667. The number of carbonyl (C=O) groups is 1. The molecule has 0 fully saturated rings. The third kappa shape index (κ3) is 4.18. The van der Waals surface area contributed by atoms with Crippen LogP contribution in [-0.2, 0) is 4.79 Å². The van der Waals surface area contributed by atoms with Crippen molar-refractivity contribution >= 4 is 28.9 Å². The Hall–Kier alpha value is -3.11. The zero-order valence-electron chi connectivity index (χ0n) is 11.7. The van der Waals surface area contributed by atoms with Crippen molar-refractivity contribution in [1.82, 2.24) is 0 Å². The highest BCUT2D eigenvalue weighted by atomic mass is 35.5. The number of nitro groups is 1. The number of carbonyl (C=O) groups excluding carboxylic acids is 1. The number of halogens is 1. The summed E-state index contributed by atoms with van der Waals surface area (Å²) in [6.07, 6.45) is 0. The summed E-state index contributed by atoms with van der Waals surface area (Å²) in [6.45, 7) is -0.400. The van der Waals surface area contributed by atoms with E-state index in [4.69, 9.17) is 21.6 Å². The Balaban J connectivity index is 2.07. The van der Waals surface area contributed by atoms with Gasteiger partial charge in [0.2, 0.25) is 0 Å². The minimum atomic E-state index is -0.627. The van der Waals surface area contributed by atoms with Crippen LogP contribution in [-0.4, -0.2) is 17.4 Å². The molecule has 0 saturated heterocycles. The maximum absolute atomic E-state index is 11.9. The van der Waals surface area contributed by atoms with E-state index in [0.717, 1.165) is 0 Å². The summed E-state index contributed by atoms with van der Waals surface area (Å²) in [5, 5.41) is 22.5. The minimum absolute atomic E-state index is 0.0235. The maximum atomic E-state index is 11.9. The average molecular weight is 332 g/mol. The predicted octanol–water partition coefficient (Wildman–Crippen LogP) is 3.14. The molecule has 2 aromatic carbocycles. The van der Waals surface area contributed by atoms with E-state index in [1.165, 1.54) is 18.2 Å². The molecule has 116 valence electrons. The average Bonchev–Trinajstić information content (AvgIpc) is 2.53. The van der Waals surface area contributed by atoms with E-state index < -0.39 is 17.4 Å². The molecule has 7 nitrogen and oxygen atoms in total. The first kappa shape index (κ1) is 16.3. The van der Waals surface area contributed by atoms with Crippen molar-refractivity contribution < 1.29 is 14.5 Å². The smallest absolute Gasteiger partial charge is 0.292 e. The third-order valence-electron chi connectivity index (χ3n) is 2.80. The molecule has 0 unspecified atom stereocenters. The van der Waals surface area contributed by atoms with Crippen LogP contribution in [0, 0.1) is 21.4 Å². The molecule has 2 aromatic rings. The summed E-state index contributed by atoms with van der Waals surface area (Å²) >= 11 is 5.78. The highest BCUT2D eigenvalue weighted by Gasteiger charge is 2.16. The molecule has 0 aliphatic rings. The number of nitrogens with zero attached hydrogens (tertiary/aromatic N) is 2. The molecule has 0 aliphatic heterocycles. The number of nitriles is 1. The lowest BCUT2D eigenvalue weighted by Crippen LogP contribution is -2.21. The van der Waals surface area contributed by atoms with Gasteiger partial charge in [-0.25, -0.2) is 0 Å². The van der Waals surface area contributed by atoms with E-state index in [0.29, 0.717) is 0 Å². The van der Waals surface area contributed by atoms with Gasteiger partial charge in [0.25, 0.3) is 11.6 Å². The van der Waals surface area contributed by atoms with Crippen LogP contribution in [0.15, 0.2) is 42.5 Å². The normalized spacial score (nSPS) is 9.74. The molecule has 0 atom stereocenters. The monoisotopic (exact) mass is 331 g/mol. The molecule has 0 aromatic heterocycles. The molecule has 0 bridgehead atoms. The van der Waals surface area contributed by atoms with Gasteiger partial charge in [-0.1, -0.05) is 23.7 Å². The summed E-state index contributed by atoms with van der Waals surface area (Å²) in [5.74, 6) is -0.353.